The molecule has 0 bridgehead atoms. The van der Waals surface area contributed by atoms with Crippen LogP contribution in [0.3, 0.4) is 0 Å². The van der Waals surface area contributed by atoms with Gasteiger partial charge in [0.05, 0.1) is 0 Å². The molecule has 19 heavy (non-hydrogen) atoms. The van der Waals surface area contributed by atoms with Crippen LogP contribution in [0.5, 0.6) is 0 Å². The molecule has 1 atom stereocenters. The average molecular weight is 294 g/mol. The third-order valence-corrected chi connectivity index (χ3v) is 4.69. The first-order valence-electron chi connectivity index (χ1n) is 6.76. The summed E-state index contributed by atoms with van der Waals surface area (Å²) < 4.78 is 0. The number of thiophene rings is 1. The van der Waals surface area contributed by atoms with Crippen LogP contribution in [0, 0.1) is 0 Å². The lowest BCUT2D eigenvalue weighted by molar-refractivity contribution is 0.220. The first kappa shape index (κ1) is 14.6. The number of hydrogen-bond donors (Lipinski definition) is 0. The van der Waals surface area contributed by atoms with Gasteiger partial charge in [0.15, 0.2) is 0 Å². The summed E-state index contributed by atoms with van der Waals surface area (Å²) in [6.07, 6.45) is 1.04. The summed E-state index contributed by atoms with van der Waals surface area (Å²) in [6.45, 7) is 6.61. The number of nitrogens with zero attached hydrogens (tertiary/aromatic N) is 1. The number of halogens is 1. The van der Waals surface area contributed by atoms with Gasteiger partial charge < -0.3 is 0 Å². The van der Waals surface area contributed by atoms with E-state index >= 15 is 0 Å². The van der Waals surface area contributed by atoms with Crippen molar-refractivity contribution in [1.82, 2.24) is 4.90 Å². The molecule has 3 heteroatoms. The Morgan fingerprint density at radius 3 is 2.32 bits per heavy atom. The molecule has 0 amide bonds. The lowest BCUT2D eigenvalue weighted by Gasteiger charge is -2.29. The Balaban J connectivity index is 2.20. The Labute approximate surface area is 124 Å². The van der Waals surface area contributed by atoms with Gasteiger partial charge in [-0.15, -0.1) is 11.3 Å². The SMILES string of the molecule is CCN(CC)C(Cc1ccc(Cl)cc1)c1cccs1. The highest BCUT2D eigenvalue weighted by atomic mass is 35.5. The van der Waals surface area contributed by atoms with Gasteiger partial charge in [0, 0.05) is 15.9 Å². The Morgan fingerprint density at radius 2 is 1.79 bits per heavy atom. The molecule has 0 radical (unpaired) electrons. The second-order valence-electron chi connectivity index (χ2n) is 4.58. The molecule has 0 fully saturated rings. The van der Waals surface area contributed by atoms with Gasteiger partial charge in [-0.25, -0.2) is 0 Å². The second kappa shape index (κ2) is 7.09. The van der Waals surface area contributed by atoms with E-state index in [0.29, 0.717) is 6.04 Å². The van der Waals surface area contributed by atoms with E-state index in [4.69, 9.17) is 11.6 Å². The van der Waals surface area contributed by atoms with Crippen LogP contribution in [0.4, 0.5) is 0 Å². The molecule has 0 spiro atoms. The van der Waals surface area contributed by atoms with E-state index in [9.17, 15) is 0 Å². The maximum absolute atomic E-state index is 5.96. The molecule has 0 aliphatic rings. The van der Waals surface area contributed by atoms with Crippen molar-refractivity contribution in [3.05, 3.63) is 57.2 Å². The Morgan fingerprint density at radius 1 is 1.11 bits per heavy atom. The summed E-state index contributed by atoms with van der Waals surface area (Å²) in [7, 11) is 0. The van der Waals surface area contributed by atoms with Gasteiger partial charge in [0.1, 0.15) is 0 Å². The molecule has 0 N–H and O–H groups in total. The predicted molar refractivity (Wildman–Crippen MR) is 85.1 cm³/mol. The van der Waals surface area contributed by atoms with Crippen LogP contribution in [0.2, 0.25) is 5.02 Å². The van der Waals surface area contributed by atoms with Crippen LogP contribution in [-0.4, -0.2) is 18.0 Å². The van der Waals surface area contributed by atoms with Crippen molar-refractivity contribution in [2.75, 3.05) is 13.1 Å². The summed E-state index contributed by atoms with van der Waals surface area (Å²) in [4.78, 5) is 3.96. The number of hydrogen-bond acceptors (Lipinski definition) is 2. The molecule has 2 rings (SSSR count). The maximum atomic E-state index is 5.96. The lowest BCUT2D eigenvalue weighted by Crippen LogP contribution is -2.29. The van der Waals surface area contributed by atoms with Crippen molar-refractivity contribution in [1.29, 1.82) is 0 Å². The third-order valence-electron chi connectivity index (χ3n) is 3.47. The van der Waals surface area contributed by atoms with Gasteiger partial charge >= 0.3 is 0 Å². The molecule has 0 aliphatic heterocycles. The molecule has 1 unspecified atom stereocenters. The van der Waals surface area contributed by atoms with Crippen molar-refractivity contribution < 1.29 is 0 Å². The molecule has 1 nitrogen and oxygen atoms in total. The van der Waals surface area contributed by atoms with Crippen LogP contribution >= 0.6 is 22.9 Å². The lowest BCUT2D eigenvalue weighted by atomic mass is 10.0. The molecule has 0 saturated carbocycles. The van der Waals surface area contributed by atoms with Crippen molar-refractivity contribution in [2.24, 2.45) is 0 Å². The molecule has 1 aromatic carbocycles. The monoisotopic (exact) mass is 293 g/mol. The molecule has 2 aromatic rings. The Kier molecular flexibility index (Phi) is 5.44. The first-order chi connectivity index (χ1) is 9.24. The van der Waals surface area contributed by atoms with Gasteiger partial charge in [-0.1, -0.05) is 43.6 Å². The largest absolute Gasteiger partial charge is 0.296 e. The quantitative estimate of drug-likeness (QED) is 0.722. The number of rotatable bonds is 6. The third kappa shape index (κ3) is 3.82. The maximum Gasteiger partial charge on any atom is 0.0481 e. The minimum Gasteiger partial charge on any atom is -0.296 e. The summed E-state index contributed by atoms with van der Waals surface area (Å²) in [5.74, 6) is 0. The molecule has 0 aliphatic carbocycles. The van der Waals surface area contributed by atoms with E-state index in [0.717, 1.165) is 24.5 Å². The average Bonchev–Trinajstić information content (AvgIpc) is 2.95. The molecule has 102 valence electrons. The van der Waals surface area contributed by atoms with E-state index in [2.05, 4.69) is 48.4 Å². The minimum atomic E-state index is 0.469. The van der Waals surface area contributed by atoms with Crippen LogP contribution in [0.1, 0.15) is 30.3 Å². The molecular formula is C16H20ClNS. The second-order valence-corrected chi connectivity index (χ2v) is 6.00. The molecular weight excluding hydrogens is 274 g/mol. The highest BCUT2D eigenvalue weighted by Gasteiger charge is 2.19. The molecule has 1 heterocycles. The van der Waals surface area contributed by atoms with Crippen LogP contribution < -0.4 is 0 Å². The van der Waals surface area contributed by atoms with E-state index in [-0.39, 0.29) is 0 Å². The topological polar surface area (TPSA) is 3.24 Å². The van der Waals surface area contributed by atoms with Crippen molar-refractivity contribution in [3.63, 3.8) is 0 Å². The van der Waals surface area contributed by atoms with Crippen molar-refractivity contribution in [2.45, 2.75) is 26.3 Å². The van der Waals surface area contributed by atoms with Gasteiger partial charge in [-0.3, -0.25) is 4.90 Å². The highest BCUT2D eigenvalue weighted by molar-refractivity contribution is 7.10. The van der Waals surface area contributed by atoms with Crippen LogP contribution in [-0.2, 0) is 6.42 Å². The van der Waals surface area contributed by atoms with Crippen LogP contribution in [0.25, 0.3) is 0 Å². The fourth-order valence-corrected chi connectivity index (χ4v) is 3.39. The van der Waals surface area contributed by atoms with Gasteiger partial charge in [-0.05, 0) is 48.7 Å². The zero-order valence-corrected chi connectivity index (χ0v) is 13.0. The molecule has 1 aromatic heterocycles. The van der Waals surface area contributed by atoms with E-state index in [1.165, 1.54) is 10.4 Å². The minimum absolute atomic E-state index is 0.469. The normalized spacial score (nSPS) is 12.8. The number of likely N-dealkylation sites (N-methyl/N-ethyl adjacent to an activating group) is 1. The Bertz CT molecular complexity index is 474. The van der Waals surface area contributed by atoms with Crippen molar-refractivity contribution >= 4 is 22.9 Å². The van der Waals surface area contributed by atoms with Gasteiger partial charge in [-0.2, -0.15) is 0 Å². The van der Waals surface area contributed by atoms with E-state index in [1.54, 1.807) is 0 Å². The highest BCUT2D eigenvalue weighted by Crippen LogP contribution is 2.28. The van der Waals surface area contributed by atoms with Gasteiger partial charge in [0.2, 0.25) is 0 Å². The van der Waals surface area contributed by atoms with Crippen LogP contribution in [0.15, 0.2) is 41.8 Å². The zero-order chi connectivity index (χ0) is 13.7. The van der Waals surface area contributed by atoms with Gasteiger partial charge in [0.25, 0.3) is 0 Å². The number of benzene rings is 1. The zero-order valence-electron chi connectivity index (χ0n) is 11.5. The predicted octanol–water partition coefficient (Wildman–Crippen LogP) is 5.03. The Hall–Kier alpha value is -0.830. The van der Waals surface area contributed by atoms with E-state index in [1.807, 2.05) is 23.5 Å². The summed E-state index contributed by atoms with van der Waals surface area (Å²) in [5, 5.41) is 2.97. The van der Waals surface area contributed by atoms with E-state index < -0.39 is 0 Å². The summed E-state index contributed by atoms with van der Waals surface area (Å²) in [6, 6.07) is 13.1. The summed E-state index contributed by atoms with van der Waals surface area (Å²) in [5.41, 5.74) is 1.34. The fraction of sp³-hybridized carbons (Fsp3) is 0.375. The summed E-state index contributed by atoms with van der Waals surface area (Å²) >= 11 is 7.80. The van der Waals surface area contributed by atoms with Crippen molar-refractivity contribution in [3.8, 4) is 0 Å². The fourth-order valence-electron chi connectivity index (χ4n) is 2.40. The molecule has 0 saturated heterocycles. The first-order valence-corrected chi connectivity index (χ1v) is 8.02. The standard InChI is InChI=1S/C16H20ClNS/c1-3-18(4-2)15(16-6-5-11-19-16)12-13-7-9-14(17)10-8-13/h5-11,15H,3-4,12H2,1-2H3. The smallest absolute Gasteiger partial charge is 0.0481 e.